The lowest BCUT2D eigenvalue weighted by Crippen LogP contribution is -2.13. The molecular formula is C10H4Cl4N4O. The second kappa shape index (κ2) is 5.88. The lowest BCUT2D eigenvalue weighted by atomic mass is 10.2. The molecule has 0 fully saturated rings. The number of nitrogens with zero attached hydrogens (tertiary/aromatic N) is 3. The van der Waals surface area contributed by atoms with E-state index in [1.807, 2.05) is 0 Å². The van der Waals surface area contributed by atoms with E-state index in [0.29, 0.717) is 0 Å². The molecule has 0 aliphatic rings. The smallest absolute Gasteiger partial charge is 0.258 e. The summed E-state index contributed by atoms with van der Waals surface area (Å²) in [5.41, 5.74) is 0.222. The van der Waals surface area contributed by atoms with Gasteiger partial charge in [-0.25, -0.2) is 15.0 Å². The minimum Gasteiger partial charge on any atom is -0.306 e. The van der Waals surface area contributed by atoms with Gasteiger partial charge in [-0.3, -0.25) is 4.79 Å². The van der Waals surface area contributed by atoms with E-state index in [-0.39, 0.29) is 32.0 Å². The molecule has 1 amide bonds. The normalized spacial score (nSPS) is 10.3. The Morgan fingerprint density at radius 3 is 2.47 bits per heavy atom. The quantitative estimate of drug-likeness (QED) is 0.515. The van der Waals surface area contributed by atoms with E-state index in [1.165, 1.54) is 18.3 Å². The monoisotopic (exact) mass is 336 g/mol. The molecule has 0 saturated heterocycles. The van der Waals surface area contributed by atoms with Crippen LogP contribution in [-0.4, -0.2) is 20.9 Å². The van der Waals surface area contributed by atoms with Gasteiger partial charge >= 0.3 is 0 Å². The van der Waals surface area contributed by atoms with E-state index in [9.17, 15) is 4.79 Å². The molecule has 0 atom stereocenters. The van der Waals surface area contributed by atoms with Crippen molar-refractivity contribution >= 4 is 58.1 Å². The number of carbonyl (C=O) groups is 1. The van der Waals surface area contributed by atoms with Gasteiger partial charge in [0.1, 0.15) is 16.1 Å². The van der Waals surface area contributed by atoms with Crippen molar-refractivity contribution in [2.75, 3.05) is 5.32 Å². The van der Waals surface area contributed by atoms with Crippen molar-refractivity contribution in [3.63, 3.8) is 0 Å². The van der Waals surface area contributed by atoms with Crippen LogP contribution in [-0.2, 0) is 0 Å². The highest BCUT2D eigenvalue weighted by atomic mass is 35.5. The van der Waals surface area contributed by atoms with Gasteiger partial charge in [0.15, 0.2) is 0 Å². The summed E-state index contributed by atoms with van der Waals surface area (Å²) in [6, 6.07) is 2.74. The van der Waals surface area contributed by atoms with Gasteiger partial charge < -0.3 is 5.32 Å². The van der Waals surface area contributed by atoms with E-state index in [2.05, 4.69) is 20.3 Å². The number of hydrogen-bond donors (Lipinski definition) is 1. The fourth-order valence-electron chi connectivity index (χ4n) is 1.19. The lowest BCUT2D eigenvalue weighted by Gasteiger charge is -2.05. The topological polar surface area (TPSA) is 67.8 Å². The molecule has 5 nitrogen and oxygen atoms in total. The number of nitrogens with one attached hydrogen (secondary N) is 1. The number of aromatic nitrogens is 3. The van der Waals surface area contributed by atoms with Crippen LogP contribution in [0.4, 0.5) is 5.82 Å². The summed E-state index contributed by atoms with van der Waals surface area (Å²) in [7, 11) is 0. The zero-order valence-corrected chi connectivity index (χ0v) is 12.0. The van der Waals surface area contributed by atoms with Gasteiger partial charge in [-0.15, -0.1) is 0 Å². The largest absolute Gasteiger partial charge is 0.306 e. The molecule has 0 unspecified atom stereocenters. The molecule has 0 bridgehead atoms. The number of anilines is 1. The van der Waals surface area contributed by atoms with Crippen LogP contribution in [0.15, 0.2) is 18.3 Å². The summed E-state index contributed by atoms with van der Waals surface area (Å²) in [5, 5.41) is 2.82. The van der Waals surface area contributed by atoms with Crippen molar-refractivity contribution in [3.05, 3.63) is 44.5 Å². The van der Waals surface area contributed by atoms with Gasteiger partial charge in [-0.2, -0.15) is 0 Å². The highest BCUT2D eigenvalue weighted by Crippen LogP contribution is 2.20. The molecule has 0 aromatic carbocycles. The molecule has 1 N–H and O–H groups in total. The molecule has 0 spiro atoms. The molecule has 0 radical (unpaired) electrons. The van der Waals surface area contributed by atoms with Crippen LogP contribution in [0, 0.1) is 0 Å². The molecule has 0 aliphatic carbocycles. The third-order valence-corrected chi connectivity index (χ3v) is 3.02. The van der Waals surface area contributed by atoms with Crippen LogP contribution in [0.3, 0.4) is 0 Å². The highest BCUT2D eigenvalue weighted by molar-refractivity contribution is 6.41. The van der Waals surface area contributed by atoms with E-state index in [1.54, 1.807) is 0 Å². The Morgan fingerprint density at radius 2 is 1.84 bits per heavy atom. The fourth-order valence-corrected chi connectivity index (χ4v) is 1.87. The van der Waals surface area contributed by atoms with Crippen molar-refractivity contribution in [1.29, 1.82) is 0 Å². The van der Waals surface area contributed by atoms with Gasteiger partial charge in [0.25, 0.3) is 5.91 Å². The summed E-state index contributed by atoms with van der Waals surface area (Å²) in [4.78, 5) is 23.1. The second-order valence-electron chi connectivity index (χ2n) is 3.30. The molecule has 0 aliphatic heterocycles. The van der Waals surface area contributed by atoms with Gasteiger partial charge in [-0.05, 0) is 17.7 Å². The van der Waals surface area contributed by atoms with Crippen molar-refractivity contribution in [3.8, 4) is 0 Å². The Morgan fingerprint density at radius 1 is 1.11 bits per heavy atom. The van der Waals surface area contributed by atoms with Gasteiger partial charge in [0, 0.05) is 12.3 Å². The highest BCUT2D eigenvalue weighted by Gasteiger charge is 2.11. The SMILES string of the molecule is O=C(Nc1cc(Cl)nc(Cl)n1)c1cnc(Cl)c(Cl)c1. The van der Waals surface area contributed by atoms with Crippen molar-refractivity contribution in [1.82, 2.24) is 15.0 Å². The molecule has 2 rings (SSSR count). The van der Waals surface area contributed by atoms with Gasteiger partial charge in [0.05, 0.1) is 10.6 Å². The number of carbonyl (C=O) groups excluding carboxylic acids is 1. The number of halogens is 4. The average molecular weight is 338 g/mol. The Labute approximate surface area is 127 Å². The standard InChI is InChI=1S/C10H4Cl4N4O/c11-5-1-4(3-15-8(5)13)9(19)17-7-2-6(12)16-10(14)18-7/h1-3H,(H,16,17,18,19). The fraction of sp³-hybridized carbons (Fsp3) is 0. The first-order chi connectivity index (χ1) is 8.95. The van der Waals surface area contributed by atoms with Crippen molar-refractivity contribution in [2.24, 2.45) is 0 Å². The summed E-state index contributed by atoms with van der Waals surface area (Å²) < 4.78 is 0. The Bertz CT molecular complexity index is 629. The van der Waals surface area contributed by atoms with Gasteiger partial charge in [0.2, 0.25) is 5.28 Å². The molecule has 98 valence electrons. The summed E-state index contributed by atoms with van der Waals surface area (Å²) >= 11 is 22.7. The first kappa shape index (κ1) is 14.3. The van der Waals surface area contributed by atoms with Crippen LogP contribution in [0.5, 0.6) is 0 Å². The predicted octanol–water partition coefficient (Wildman–Crippen LogP) is 3.74. The molecule has 2 aromatic rings. The minimum atomic E-state index is -0.475. The van der Waals surface area contributed by atoms with Crippen LogP contribution in [0.2, 0.25) is 20.6 Å². The number of amides is 1. The molecule has 2 heterocycles. The number of pyridine rings is 1. The Balaban J connectivity index is 2.22. The number of rotatable bonds is 2. The maximum absolute atomic E-state index is 11.9. The van der Waals surface area contributed by atoms with Crippen LogP contribution in [0.1, 0.15) is 10.4 Å². The second-order valence-corrected chi connectivity index (χ2v) is 4.79. The Kier molecular flexibility index (Phi) is 4.42. The van der Waals surface area contributed by atoms with Crippen LogP contribution >= 0.6 is 46.4 Å². The molecule has 0 saturated carbocycles. The third-order valence-electron chi connectivity index (χ3n) is 1.97. The number of hydrogen-bond acceptors (Lipinski definition) is 4. The Hall–Kier alpha value is -1.14. The van der Waals surface area contributed by atoms with E-state index >= 15 is 0 Å². The summed E-state index contributed by atoms with van der Waals surface area (Å²) in [5.74, 6) is -0.307. The maximum Gasteiger partial charge on any atom is 0.258 e. The van der Waals surface area contributed by atoms with Crippen molar-refractivity contribution < 1.29 is 4.79 Å². The average Bonchev–Trinajstić information content (AvgIpc) is 2.31. The summed E-state index contributed by atoms with van der Waals surface area (Å²) in [6.07, 6.45) is 1.29. The minimum absolute atomic E-state index is 0.0740. The maximum atomic E-state index is 11.9. The molecule has 9 heteroatoms. The van der Waals surface area contributed by atoms with E-state index < -0.39 is 5.91 Å². The predicted molar refractivity (Wildman–Crippen MR) is 74.3 cm³/mol. The van der Waals surface area contributed by atoms with E-state index in [0.717, 1.165) is 0 Å². The lowest BCUT2D eigenvalue weighted by molar-refractivity contribution is 0.102. The molecular weight excluding hydrogens is 334 g/mol. The zero-order chi connectivity index (χ0) is 14.0. The van der Waals surface area contributed by atoms with E-state index in [4.69, 9.17) is 46.4 Å². The zero-order valence-electron chi connectivity index (χ0n) is 8.99. The summed E-state index contributed by atoms with van der Waals surface area (Å²) in [6.45, 7) is 0. The third kappa shape index (κ3) is 3.67. The van der Waals surface area contributed by atoms with Crippen LogP contribution < -0.4 is 5.32 Å². The van der Waals surface area contributed by atoms with Gasteiger partial charge in [-0.1, -0.05) is 34.8 Å². The van der Waals surface area contributed by atoms with Crippen LogP contribution in [0.25, 0.3) is 0 Å². The molecule has 2 aromatic heterocycles. The first-order valence-corrected chi connectivity index (χ1v) is 6.29. The first-order valence-electron chi connectivity index (χ1n) is 4.78. The van der Waals surface area contributed by atoms with Crippen molar-refractivity contribution in [2.45, 2.75) is 0 Å². The molecule has 19 heavy (non-hydrogen) atoms.